The highest BCUT2D eigenvalue weighted by atomic mass is 19.1. The molecule has 0 heterocycles. The summed E-state index contributed by atoms with van der Waals surface area (Å²) in [7, 11) is 1.37. The number of nitrogens with zero attached hydrogens (tertiary/aromatic N) is 1. The normalized spacial score (nSPS) is 19.5. The molecule has 1 aromatic carbocycles. The van der Waals surface area contributed by atoms with E-state index in [0.717, 1.165) is 0 Å². The van der Waals surface area contributed by atoms with E-state index in [4.69, 9.17) is 9.84 Å². The van der Waals surface area contributed by atoms with Gasteiger partial charge in [-0.15, -0.1) is 0 Å². The number of carbonyl (C=O) groups is 2. The molecule has 3 N–H and O–H groups in total. The Morgan fingerprint density at radius 2 is 2.12 bits per heavy atom. The van der Waals surface area contributed by atoms with E-state index < -0.39 is 17.8 Å². The summed E-state index contributed by atoms with van der Waals surface area (Å²) in [5.41, 5.74) is 0.336. The first kappa shape index (κ1) is 18.0. The van der Waals surface area contributed by atoms with Crippen molar-refractivity contribution in [3.8, 4) is 5.75 Å². The van der Waals surface area contributed by atoms with Crippen LogP contribution in [-0.4, -0.2) is 54.3 Å². The van der Waals surface area contributed by atoms with Gasteiger partial charge in [0.25, 0.3) is 0 Å². The fourth-order valence-corrected chi connectivity index (χ4v) is 2.77. The molecule has 2 rings (SSSR count). The largest absolute Gasteiger partial charge is 0.494 e. The van der Waals surface area contributed by atoms with E-state index >= 15 is 0 Å². The predicted molar refractivity (Wildman–Crippen MR) is 86.8 cm³/mol. The monoisotopic (exact) mass is 339 g/mol. The number of amides is 2. The number of likely N-dealkylation sites (N-methyl/N-ethyl adjacent to an activating group) is 1. The number of halogens is 1. The number of nitrogens with one attached hydrogen (secondary N) is 2. The molecule has 8 heteroatoms. The zero-order chi connectivity index (χ0) is 17.7. The molecule has 132 valence electrons. The van der Waals surface area contributed by atoms with Crippen LogP contribution in [0.2, 0.25) is 0 Å². The highest BCUT2D eigenvalue weighted by Crippen LogP contribution is 2.26. The predicted octanol–water partition coefficient (Wildman–Crippen LogP) is 1.89. The minimum atomic E-state index is -0.854. The van der Waals surface area contributed by atoms with Gasteiger partial charge in [-0.1, -0.05) is 6.92 Å². The summed E-state index contributed by atoms with van der Waals surface area (Å²) in [4.78, 5) is 24.6. The van der Waals surface area contributed by atoms with Gasteiger partial charge in [0.1, 0.15) is 0 Å². The molecule has 1 aliphatic carbocycles. The standard InChI is InChI=1S/C16H22FN3O4/c1-3-20(9-15(21)22)12-6-11(7-12)19-16(23)18-10-4-5-14(24-2)13(17)8-10/h4-5,8,11-12H,3,6-7,9H2,1-2H3,(H,21,22)(H2,18,19,23). The molecule has 0 spiro atoms. The van der Waals surface area contributed by atoms with E-state index in [1.54, 1.807) is 6.07 Å². The quantitative estimate of drug-likeness (QED) is 0.706. The first-order chi connectivity index (χ1) is 11.4. The van der Waals surface area contributed by atoms with E-state index in [1.807, 2.05) is 11.8 Å². The number of ether oxygens (including phenoxy) is 1. The van der Waals surface area contributed by atoms with Crippen molar-refractivity contribution in [1.82, 2.24) is 10.2 Å². The van der Waals surface area contributed by atoms with Gasteiger partial charge in [0.05, 0.1) is 13.7 Å². The minimum absolute atomic E-state index is 0.00517. The van der Waals surface area contributed by atoms with Crippen molar-refractivity contribution < 1.29 is 23.8 Å². The second-order valence-electron chi connectivity index (χ2n) is 5.73. The number of hydrogen-bond acceptors (Lipinski definition) is 4. The third kappa shape index (κ3) is 4.58. The molecule has 0 saturated heterocycles. The molecule has 1 saturated carbocycles. The van der Waals surface area contributed by atoms with Gasteiger partial charge in [-0.25, -0.2) is 9.18 Å². The van der Waals surface area contributed by atoms with E-state index in [0.29, 0.717) is 25.1 Å². The maximum Gasteiger partial charge on any atom is 0.319 e. The molecule has 2 amide bonds. The Morgan fingerprint density at radius 3 is 2.67 bits per heavy atom. The number of rotatable bonds is 7. The third-order valence-electron chi connectivity index (χ3n) is 4.12. The molecule has 0 bridgehead atoms. The number of carbonyl (C=O) groups excluding carboxylic acids is 1. The van der Waals surface area contributed by atoms with Gasteiger partial charge in [0.2, 0.25) is 0 Å². The topological polar surface area (TPSA) is 90.9 Å². The number of carboxylic acids is 1. The summed E-state index contributed by atoms with van der Waals surface area (Å²) >= 11 is 0. The number of urea groups is 1. The summed E-state index contributed by atoms with van der Waals surface area (Å²) in [6, 6.07) is 3.92. The Morgan fingerprint density at radius 1 is 1.42 bits per heavy atom. The first-order valence-electron chi connectivity index (χ1n) is 7.79. The van der Waals surface area contributed by atoms with Crippen molar-refractivity contribution >= 4 is 17.7 Å². The molecular weight excluding hydrogens is 317 g/mol. The van der Waals surface area contributed by atoms with E-state index in [-0.39, 0.29) is 24.4 Å². The minimum Gasteiger partial charge on any atom is -0.494 e. The lowest BCUT2D eigenvalue weighted by molar-refractivity contribution is -0.139. The van der Waals surface area contributed by atoms with Crippen molar-refractivity contribution in [3.05, 3.63) is 24.0 Å². The number of benzene rings is 1. The number of carboxylic acid groups (broad SMARTS) is 1. The molecule has 0 radical (unpaired) electrons. The molecule has 0 unspecified atom stereocenters. The summed E-state index contributed by atoms with van der Waals surface area (Å²) < 4.78 is 18.4. The van der Waals surface area contributed by atoms with Gasteiger partial charge in [-0.3, -0.25) is 9.69 Å². The maximum absolute atomic E-state index is 13.6. The van der Waals surface area contributed by atoms with Crippen LogP contribution in [0.5, 0.6) is 5.75 Å². The first-order valence-corrected chi connectivity index (χ1v) is 7.79. The third-order valence-corrected chi connectivity index (χ3v) is 4.12. The second-order valence-corrected chi connectivity index (χ2v) is 5.73. The molecule has 0 aliphatic heterocycles. The van der Waals surface area contributed by atoms with Crippen molar-refractivity contribution in [1.29, 1.82) is 0 Å². The summed E-state index contributed by atoms with van der Waals surface area (Å²) in [5.74, 6) is -1.29. The van der Waals surface area contributed by atoms with Crippen molar-refractivity contribution in [2.45, 2.75) is 31.8 Å². The zero-order valence-corrected chi connectivity index (χ0v) is 13.7. The molecular formula is C16H22FN3O4. The molecule has 1 aliphatic rings. The Hall–Kier alpha value is -2.35. The van der Waals surface area contributed by atoms with Crippen LogP contribution in [-0.2, 0) is 4.79 Å². The van der Waals surface area contributed by atoms with Crippen LogP contribution < -0.4 is 15.4 Å². The highest BCUT2D eigenvalue weighted by molar-refractivity contribution is 5.89. The Bertz CT molecular complexity index is 605. The Kier molecular flexibility index (Phi) is 5.97. The lowest BCUT2D eigenvalue weighted by Gasteiger charge is -2.42. The van der Waals surface area contributed by atoms with Crippen LogP contribution in [0, 0.1) is 5.82 Å². The maximum atomic E-state index is 13.6. The lowest BCUT2D eigenvalue weighted by Crippen LogP contribution is -2.55. The van der Waals surface area contributed by atoms with Gasteiger partial charge < -0.3 is 20.5 Å². The zero-order valence-electron chi connectivity index (χ0n) is 13.7. The van der Waals surface area contributed by atoms with Gasteiger partial charge in [-0.05, 0) is 31.5 Å². The Labute approximate surface area is 139 Å². The van der Waals surface area contributed by atoms with Gasteiger partial charge in [-0.2, -0.15) is 0 Å². The van der Waals surface area contributed by atoms with Crippen molar-refractivity contribution in [2.24, 2.45) is 0 Å². The van der Waals surface area contributed by atoms with Gasteiger partial charge in [0.15, 0.2) is 11.6 Å². The van der Waals surface area contributed by atoms with Crippen LogP contribution in [0.1, 0.15) is 19.8 Å². The van der Waals surface area contributed by atoms with Gasteiger partial charge in [0, 0.05) is 23.8 Å². The van der Waals surface area contributed by atoms with Crippen molar-refractivity contribution in [2.75, 3.05) is 25.5 Å². The number of aliphatic carboxylic acids is 1. The molecule has 24 heavy (non-hydrogen) atoms. The molecule has 0 atom stereocenters. The molecule has 1 fully saturated rings. The van der Waals surface area contributed by atoms with E-state index in [1.165, 1.54) is 19.2 Å². The Balaban J connectivity index is 1.78. The van der Waals surface area contributed by atoms with Crippen LogP contribution in [0.3, 0.4) is 0 Å². The fourth-order valence-electron chi connectivity index (χ4n) is 2.77. The SMILES string of the molecule is CCN(CC(=O)O)C1CC(NC(=O)Nc2ccc(OC)c(F)c2)C1. The van der Waals surface area contributed by atoms with Crippen molar-refractivity contribution in [3.63, 3.8) is 0 Å². The average Bonchev–Trinajstić information content (AvgIpc) is 2.48. The van der Waals surface area contributed by atoms with Crippen LogP contribution >= 0.6 is 0 Å². The van der Waals surface area contributed by atoms with E-state index in [9.17, 15) is 14.0 Å². The lowest BCUT2D eigenvalue weighted by atomic mass is 9.85. The molecule has 0 aromatic heterocycles. The fraction of sp³-hybridized carbons (Fsp3) is 0.500. The van der Waals surface area contributed by atoms with Crippen LogP contribution in [0.4, 0.5) is 14.9 Å². The summed E-state index contributed by atoms with van der Waals surface area (Å²) in [6.07, 6.45) is 1.40. The summed E-state index contributed by atoms with van der Waals surface area (Å²) in [5, 5.41) is 14.2. The smallest absolute Gasteiger partial charge is 0.319 e. The second kappa shape index (κ2) is 7.96. The molecule has 1 aromatic rings. The van der Waals surface area contributed by atoms with Gasteiger partial charge >= 0.3 is 12.0 Å². The number of anilines is 1. The number of hydrogen-bond donors (Lipinski definition) is 3. The highest BCUT2D eigenvalue weighted by Gasteiger charge is 2.34. The van der Waals surface area contributed by atoms with Crippen LogP contribution in [0.15, 0.2) is 18.2 Å². The number of methoxy groups -OCH3 is 1. The summed E-state index contributed by atoms with van der Waals surface area (Å²) in [6.45, 7) is 2.57. The van der Waals surface area contributed by atoms with Crippen LogP contribution in [0.25, 0.3) is 0 Å². The van der Waals surface area contributed by atoms with E-state index in [2.05, 4.69) is 10.6 Å². The average molecular weight is 339 g/mol. The molecule has 7 nitrogen and oxygen atoms in total.